The second kappa shape index (κ2) is 4.38. The van der Waals surface area contributed by atoms with Crippen LogP contribution in [-0.2, 0) is 9.53 Å². The van der Waals surface area contributed by atoms with Gasteiger partial charge < -0.3 is 4.74 Å². The quantitative estimate of drug-likeness (QED) is 0.513. The molecule has 1 fully saturated rings. The zero-order valence-corrected chi connectivity index (χ0v) is 8.82. The van der Waals surface area contributed by atoms with Crippen LogP contribution in [0.5, 0.6) is 0 Å². The summed E-state index contributed by atoms with van der Waals surface area (Å²) in [5.74, 6) is -0.204. The van der Waals surface area contributed by atoms with Crippen molar-refractivity contribution in [1.82, 2.24) is 0 Å². The SMILES string of the molecule is CS[C@H]1[C@@H](OC(C)=O)CC[C@@H]1Cl. The van der Waals surface area contributed by atoms with Gasteiger partial charge in [0.25, 0.3) is 0 Å². The van der Waals surface area contributed by atoms with Gasteiger partial charge in [0, 0.05) is 12.3 Å². The highest BCUT2D eigenvalue weighted by Crippen LogP contribution is 2.34. The summed E-state index contributed by atoms with van der Waals surface area (Å²) in [5, 5.41) is 0.430. The number of hydrogen-bond donors (Lipinski definition) is 0. The van der Waals surface area contributed by atoms with E-state index in [0.717, 1.165) is 12.8 Å². The van der Waals surface area contributed by atoms with Crippen molar-refractivity contribution in [2.75, 3.05) is 6.26 Å². The van der Waals surface area contributed by atoms with Gasteiger partial charge in [0.15, 0.2) is 0 Å². The molecule has 1 saturated carbocycles. The van der Waals surface area contributed by atoms with E-state index >= 15 is 0 Å². The first-order valence-electron chi connectivity index (χ1n) is 3.99. The summed E-state index contributed by atoms with van der Waals surface area (Å²) in [6.07, 6.45) is 3.88. The maximum atomic E-state index is 10.7. The molecule has 0 radical (unpaired) electrons. The van der Waals surface area contributed by atoms with E-state index in [1.54, 1.807) is 11.8 Å². The first-order valence-corrected chi connectivity index (χ1v) is 5.71. The molecule has 1 aliphatic carbocycles. The Morgan fingerprint density at radius 2 is 2.25 bits per heavy atom. The van der Waals surface area contributed by atoms with E-state index in [1.165, 1.54) is 6.92 Å². The maximum Gasteiger partial charge on any atom is 0.302 e. The molecule has 1 rings (SSSR count). The fraction of sp³-hybridized carbons (Fsp3) is 0.875. The Balaban J connectivity index is 2.48. The minimum atomic E-state index is -0.204. The van der Waals surface area contributed by atoms with Crippen LogP contribution in [0, 0.1) is 0 Å². The van der Waals surface area contributed by atoms with E-state index < -0.39 is 0 Å². The number of thioether (sulfide) groups is 1. The van der Waals surface area contributed by atoms with E-state index in [4.69, 9.17) is 16.3 Å². The van der Waals surface area contributed by atoms with E-state index in [1.807, 2.05) is 6.26 Å². The van der Waals surface area contributed by atoms with Crippen LogP contribution in [0.3, 0.4) is 0 Å². The van der Waals surface area contributed by atoms with Gasteiger partial charge in [0.1, 0.15) is 6.10 Å². The van der Waals surface area contributed by atoms with E-state index in [9.17, 15) is 4.79 Å². The highest BCUT2D eigenvalue weighted by molar-refractivity contribution is 7.99. The van der Waals surface area contributed by atoms with Crippen molar-refractivity contribution in [2.45, 2.75) is 36.5 Å². The van der Waals surface area contributed by atoms with Crippen LogP contribution in [0.4, 0.5) is 0 Å². The second-order valence-electron chi connectivity index (χ2n) is 2.94. The van der Waals surface area contributed by atoms with Gasteiger partial charge in [-0.25, -0.2) is 0 Å². The van der Waals surface area contributed by atoms with Crippen molar-refractivity contribution in [3.63, 3.8) is 0 Å². The van der Waals surface area contributed by atoms with Crippen LogP contribution in [-0.4, -0.2) is 29.0 Å². The zero-order valence-electron chi connectivity index (χ0n) is 7.25. The lowest BCUT2D eigenvalue weighted by Gasteiger charge is -2.18. The summed E-state index contributed by atoms with van der Waals surface area (Å²) < 4.78 is 5.14. The van der Waals surface area contributed by atoms with Gasteiger partial charge in [0.2, 0.25) is 0 Å². The molecule has 2 nitrogen and oxygen atoms in total. The normalized spacial score (nSPS) is 35.1. The number of carbonyl (C=O) groups is 1. The number of alkyl halides is 1. The molecule has 0 saturated heterocycles. The number of rotatable bonds is 2. The predicted molar refractivity (Wildman–Crippen MR) is 51.7 cm³/mol. The van der Waals surface area contributed by atoms with Crippen LogP contribution in [0.25, 0.3) is 0 Å². The lowest BCUT2D eigenvalue weighted by Crippen LogP contribution is -2.26. The van der Waals surface area contributed by atoms with E-state index in [-0.39, 0.29) is 22.7 Å². The Morgan fingerprint density at radius 3 is 2.75 bits per heavy atom. The predicted octanol–water partition coefficient (Wildman–Crippen LogP) is 2.05. The van der Waals surface area contributed by atoms with Gasteiger partial charge in [0.05, 0.1) is 5.25 Å². The first-order chi connectivity index (χ1) is 5.65. The minimum Gasteiger partial charge on any atom is -0.461 e. The van der Waals surface area contributed by atoms with Gasteiger partial charge in [-0.15, -0.1) is 11.6 Å². The van der Waals surface area contributed by atoms with Crippen molar-refractivity contribution < 1.29 is 9.53 Å². The van der Waals surface area contributed by atoms with Gasteiger partial charge in [-0.2, -0.15) is 11.8 Å². The lowest BCUT2D eigenvalue weighted by atomic mass is 10.3. The molecule has 0 unspecified atom stereocenters. The van der Waals surface area contributed by atoms with Crippen molar-refractivity contribution in [3.8, 4) is 0 Å². The minimum absolute atomic E-state index is 0.0278. The summed E-state index contributed by atoms with van der Waals surface area (Å²) >= 11 is 7.73. The van der Waals surface area contributed by atoms with Crippen molar-refractivity contribution in [1.29, 1.82) is 0 Å². The lowest BCUT2D eigenvalue weighted by molar-refractivity contribution is -0.145. The zero-order chi connectivity index (χ0) is 9.14. The fourth-order valence-electron chi connectivity index (χ4n) is 1.52. The molecule has 3 atom stereocenters. The Morgan fingerprint density at radius 1 is 1.58 bits per heavy atom. The van der Waals surface area contributed by atoms with Crippen LogP contribution in [0.15, 0.2) is 0 Å². The van der Waals surface area contributed by atoms with Crippen LogP contribution in [0.1, 0.15) is 19.8 Å². The standard InChI is InChI=1S/C8H13ClO2S/c1-5(10)11-7-4-3-6(9)8(7)12-2/h6-8H,3-4H2,1-2H3/t6-,7-,8+/m0/s1. The summed E-state index contributed by atoms with van der Waals surface area (Å²) in [6.45, 7) is 1.44. The Hall–Kier alpha value is 0.110. The molecule has 4 heteroatoms. The summed E-state index contributed by atoms with van der Waals surface area (Å²) in [6, 6.07) is 0. The molecular weight excluding hydrogens is 196 g/mol. The molecule has 12 heavy (non-hydrogen) atoms. The van der Waals surface area contributed by atoms with E-state index in [2.05, 4.69) is 0 Å². The average Bonchev–Trinajstić information content (AvgIpc) is 2.30. The van der Waals surface area contributed by atoms with Crippen LogP contribution < -0.4 is 0 Å². The number of halogens is 1. The molecule has 0 spiro atoms. The molecule has 70 valence electrons. The smallest absolute Gasteiger partial charge is 0.302 e. The van der Waals surface area contributed by atoms with Gasteiger partial charge in [-0.05, 0) is 19.1 Å². The Labute approximate surface area is 82.0 Å². The van der Waals surface area contributed by atoms with Crippen molar-refractivity contribution in [3.05, 3.63) is 0 Å². The number of carbonyl (C=O) groups excluding carboxylic acids is 1. The molecule has 1 aliphatic rings. The molecule has 0 bridgehead atoms. The van der Waals surface area contributed by atoms with Gasteiger partial charge in [-0.1, -0.05) is 0 Å². The Bertz CT molecular complexity index is 174. The maximum absolute atomic E-state index is 10.7. The molecule has 0 N–H and O–H groups in total. The van der Waals surface area contributed by atoms with Crippen molar-refractivity contribution >= 4 is 29.3 Å². The highest BCUT2D eigenvalue weighted by Gasteiger charge is 2.36. The first kappa shape index (κ1) is 10.2. The number of esters is 1. The monoisotopic (exact) mass is 208 g/mol. The van der Waals surface area contributed by atoms with Crippen molar-refractivity contribution in [2.24, 2.45) is 0 Å². The van der Waals surface area contributed by atoms with Crippen LogP contribution in [0.2, 0.25) is 0 Å². The number of ether oxygens (including phenoxy) is 1. The molecule has 0 aliphatic heterocycles. The van der Waals surface area contributed by atoms with Gasteiger partial charge >= 0.3 is 5.97 Å². The second-order valence-corrected chi connectivity index (χ2v) is 4.52. The third-order valence-electron chi connectivity index (χ3n) is 2.04. The molecule has 0 aromatic heterocycles. The highest BCUT2D eigenvalue weighted by atomic mass is 35.5. The summed E-state index contributed by atoms with van der Waals surface area (Å²) in [7, 11) is 0. The van der Waals surface area contributed by atoms with E-state index in [0.29, 0.717) is 0 Å². The third kappa shape index (κ3) is 2.30. The molecule has 0 aromatic carbocycles. The molecule has 0 amide bonds. The van der Waals surface area contributed by atoms with Gasteiger partial charge in [-0.3, -0.25) is 4.79 Å². The summed E-state index contributed by atoms with van der Waals surface area (Å²) in [5.41, 5.74) is 0. The topological polar surface area (TPSA) is 26.3 Å². The van der Waals surface area contributed by atoms with Crippen LogP contribution >= 0.6 is 23.4 Å². The molecule has 0 heterocycles. The largest absolute Gasteiger partial charge is 0.461 e. The summed E-state index contributed by atoms with van der Waals surface area (Å²) in [4.78, 5) is 10.7. The fourth-order valence-corrected chi connectivity index (χ4v) is 3.05. The molecular formula is C8H13ClO2S. The number of hydrogen-bond acceptors (Lipinski definition) is 3. The third-order valence-corrected chi connectivity index (χ3v) is 3.85. The Kier molecular flexibility index (Phi) is 3.72. The average molecular weight is 209 g/mol. The molecule has 0 aromatic rings.